The van der Waals surface area contributed by atoms with Crippen molar-refractivity contribution in [2.45, 2.75) is 56.7 Å². The molecule has 40 heavy (non-hydrogen) atoms. The van der Waals surface area contributed by atoms with Gasteiger partial charge >= 0.3 is 11.7 Å². The van der Waals surface area contributed by atoms with Crippen LogP contribution in [-0.2, 0) is 13.0 Å². The van der Waals surface area contributed by atoms with Crippen molar-refractivity contribution in [1.82, 2.24) is 34.3 Å². The third-order valence-corrected chi connectivity index (χ3v) is 8.16. The van der Waals surface area contributed by atoms with Crippen molar-refractivity contribution in [3.63, 3.8) is 0 Å². The number of nitrogens with one attached hydrogen (secondary N) is 2. The van der Waals surface area contributed by atoms with Gasteiger partial charge in [-0.25, -0.2) is 28.3 Å². The summed E-state index contributed by atoms with van der Waals surface area (Å²) in [5.41, 5.74) is 1.99. The van der Waals surface area contributed by atoms with Crippen LogP contribution in [0.3, 0.4) is 0 Å². The molecule has 3 aromatic heterocycles. The molecule has 0 saturated carbocycles. The molecule has 6 rings (SSSR count). The normalized spacial score (nSPS) is 19.9. The van der Waals surface area contributed by atoms with E-state index in [0.717, 1.165) is 11.6 Å². The van der Waals surface area contributed by atoms with E-state index in [4.69, 9.17) is 0 Å². The predicted molar refractivity (Wildman–Crippen MR) is 142 cm³/mol. The SMILES string of the molecule is O=C(N[C@@H]1CC[C@@H](c2cccc(F)c2F)Cn2c(CCF)cnc21)N1CCC(n2c(=O)[nH]c3ncccc32)CC1. The van der Waals surface area contributed by atoms with Crippen LogP contribution in [0.2, 0.25) is 0 Å². The number of aryl methyl sites for hydroxylation is 1. The molecule has 2 N–H and O–H groups in total. The van der Waals surface area contributed by atoms with Gasteiger partial charge in [0, 0.05) is 56.1 Å². The first kappa shape index (κ1) is 26.1. The molecule has 2 aliphatic heterocycles. The fourth-order valence-corrected chi connectivity index (χ4v) is 6.14. The minimum Gasteiger partial charge on any atom is -0.330 e. The zero-order valence-electron chi connectivity index (χ0n) is 21.8. The summed E-state index contributed by atoms with van der Waals surface area (Å²) in [5, 5.41) is 3.09. The van der Waals surface area contributed by atoms with E-state index in [1.54, 1.807) is 34.0 Å². The summed E-state index contributed by atoms with van der Waals surface area (Å²) >= 11 is 0. The van der Waals surface area contributed by atoms with Crippen LogP contribution in [0.4, 0.5) is 18.0 Å². The van der Waals surface area contributed by atoms with Crippen LogP contribution in [0.15, 0.2) is 47.5 Å². The van der Waals surface area contributed by atoms with Gasteiger partial charge in [0.25, 0.3) is 0 Å². The Morgan fingerprint density at radius 2 is 1.90 bits per heavy atom. The van der Waals surface area contributed by atoms with E-state index < -0.39 is 24.4 Å². The Morgan fingerprint density at radius 1 is 1.07 bits per heavy atom. The molecule has 0 radical (unpaired) electrons. The molecular weight excluding hydrogens is 523 g/mol. The third-order valence-electron chi connectivity index (χ3n) is 8.16. The fraction of sp³-hybridized carbons (Fsp3) is 0.429. The number of hydrogen-bond acceptors (Lipinski definition) is 4. The Hall–Kier alpha value is -4.09. The maximum atomic E-state index is 14.7. The number of hydrogen-bond donors (Lipinski definition) is 2. The summed E-state index contributed by atoms with van der Waals surface area (Å²) in [4.78, 5) is 39.2. The number of imidazole rings is 2. The van der Waals surface area contributed by atoms with E-state index in [1.807, 2.05) is 10.6 Å². The van der Waals surface area contributed by atoms with Crippen LogP contribution in [-0.4, -0.2) is 54.8 Å². The summed E-state index contributed by atoms with van der Waals surface area (Å²) in [7, 11) is 0. The van der Waals surface area contributed by atoms with E-state index >= 15 is 0 Å². The molecule has 210 valence electrons. The zero-order chi connectivity index (χ0) is 27.8. The van der Waals surface area contributed by atoms with E-state index in [1.165, 1.54) is 6.07 Å². The number of fused-ring (bicyclic) bond motifs is 2. The fourth-order valence-electron chi connectivity index (χ4n) is 6.14. The minimum atomic E-state index is -0.906. The molecule has 1 aromatic carbocycles. The highest BCUT2D eigenvalue weighted by Crippen LogP contribution is 2.35. The molecule has 0 aliphatic carbocycles. The monoisotopic (exact) mass is 553 g/mol. The standard InChI is InChI=1S/C28H30F3N7O2/c29-11-8-19-15-33-26-22(7-6-17(16-37(19)26)20-3-1-4-21(30)24(20)31)34-27(39)36-13-9-18(10-14-36)38-23-5-2-12-32-25(23)35-28(38)40/h1-5,12,15,17-18,22H,6-11,13-14,16H2,(H,34,39)(H,32,35,40)/t17-,22-/m1/s1. The summed E-state index contributed by atoms with van der Waals surface area (Å²) in [6.45, 7) is 0.658. The van der Waals surface area contributed by atoms with E-state index in [2.05, 4.69) is 20.3 Å². The van der Waals surface area contributed by atoms with Gasteiger partial charge < -0.3 is 14.8 Å². The lowest BCUT2D eigenvalue weighted by Crippen LogP contribution is -2.46. The van der Waals surface area contributed by atoms with Crippen molar-refractivity contribution in [2.24, 2.45) is 0 Å². The largest absolute Gasteiger partial charge is 0.330 e. The number of likely N-dealkylation sites (tertiary alicyclic amines) is 1. The average molecular weight is 554 g/mol. The number of rotatable bonds is 5. The molecule has 4 aromatic rings. The van der Waals surface area contributed by atoms with E-state index in [9.17, 15) is 22.8 Å². The minimum absolute atomic E-state index is 0.0588. The van der Waals surface area contributed by atoms with Gasteiger partial charge in [-0.05, 0) is 49.4 Å². The van der Waals surface area contributed by atoms with Gasteiger partial charge in [-0.3, -0.25) is 13.9 Å². The Kier molecular flexibility index (Phi) is 7.07. The summed E-state index contributed by atoms with van der Waals surface area (Å²) in [6.07, 6.45) is 5.54. The first-order valence-corrected chi connectivity index (χ1v) is 13.6. The Balaban J connectivity index is 1.18. The van der Waals surface area contributed by atoms with Crippen molar-refractivity contribution in [2.75, 3.05) is 19.8 Å². The molecule has 1 saturated heterocycles. The first-order valence-electron chi connectivity index (χ1n) is 13.6. The zero-order valence-corrected chi connectivity index (χ0v) is 21.8. The van der Waals surface area contributed by atoms with Crippen molar-refractivity contribution >= 4 is 17.2 Å². The van der Waals surface area contributed by atoms with E-state index in [0.29, 0.717) is 62.5 Å². The average Bonchev–Trinajstić information content (AvgIpc) is 3.45. The molecule has 5 heterocycles. The van der Waals surface area contributed by atoms with Gasteiger partial charge in [-0.15, -0.1) is 0 Å². The van der Waals surface area contributed by atoms with Gasteiger partial charge in [0.15, 0.2) is 17.3 Å². The van der Waals surface area contributed by atoms with Crippen LogP contribution in [0.5, 0.6) is 0 Å². The lowest BCUT2D eigenvalue weighted by atomic mass is 9.92. The topological polar surface area (TPSA) is 101 Å². The number of nitrogens with zero attached hydrogens (tertiary/aromatic N) is 5. The van der Waals surface area contributed by atoms with Crippen molar-refractivity contribution < 1.29 is 18.0 Å². The van der Waals surface area contributed by atoms with Crippen LogP contribution in [0.1, 0.15) is 60.8 Å². The van der Waals surface area contributed by atoms with E-state index in [-0.39, 0.29) is 35.7 Å². The molecule has 2 aliphatic rings. The lowest BCUT2D eigenvalue weighted by molar-refractivity contribution is 0.167. The number of pyridine rings is 1. The van der Waals surface area contributed by atoms with Crippen molar-refractivity contribution in [1.29, 1.82) is 0 Å². The van der Waals surface area contributed by atoms with Crippen molar-refractivity contribution in [3.05, 3.63) is 81.9 Å². The number of halogens is 3. The van der Waals surface area contributed by atoms with Gasteiger partial charge in [0.1, 0.15) is 5.82 Å². The maximum Gasteiger partial charge on any atom is 0.327 e. The molecule has 0 spiro atoms. The number of piperidine rings is 1. The number of carbonyl (C=O) groups excluding carboxylic acids is 1. The Bertz CT molecular complexity index is 1590. The van der Waals surface area contributed by atoms with Gasteiger partial charge in [-0.2, -0.15) is 0 Å². The molecule has 2 atom stereocenters. The van der Waals surface area contributed by atoms with Crippen LogP contribution in [0.25, 0.3) is 11.2 Å². The third kappa shape index (κ3) is 4.75. The summed E-state index contributed by atoms with van der Waals surface area (Å²) < 4.78 is 45.6. The Labute approximate surface area is 228 Å². The molecule has 0 unspecified atom stereocenters. The number of H-pyrrole nitrogens is 1. The second-order valence-electron chi connectivity index (χ2n) is 10.5. The second kappa shape index (κ2) is 10.8. The molecule has 1 fully saturated rings. The van der Waals surface area contributed by atoms with Crippen LogP contribution in [0, 0.1) is 11.6 Å². The number of urea groups is 1. The molecular formula is C28H30F3N7O2. The molecule has 12 heteroatoms. The highest BCUT2D eigenvalue weighted by atomic mass is 19.2. The highest BCUT2D eigenvalue weighted by molar-refractivity contribution is 5.75. The van der Waals surface area contributed by atoms with Gasteiger partial charge in [0.2, 0.25) is 0 Å². The number of alkyl halides is 1. The number of aromatic amines is 1. The van der Waals surface area contributed by atoms with Gasteiger partial charge in [-0.1, -0.05) is 12.1 Å². The highest BCUT2D eigenvalue weighted by Gasteiger charge is 2.32. The van der Waals surface area contributed by atoms with Crippen LogP contribution >= 0.6 is 0 Å². The number of aromatic nitrogens is 5. The van der Waals surface area contributed by atoms with Crippen molar-refractivity contribution in [3.8, 4) is 0 Å². The van der Waals surface area contributed by atoms with Crippen LogP contribution < -0.4 is 11.0 Å². The maximum absolute atomic E-state index is 14.7. The number of amides is 2. The Morgan fingerprint density at radius 3 is 2.70 bits per heavy atom. The summed E-state index contributed by atoms with van der Waals surface area (Å²) in [6, 6.07) is 7.01. The number of carbonyl (C=O) groups is 1. The summed E-state index contributed by atoms with van der Waals surface area (Å²) in [5.74, 6) is -1.56. The smallest absolute Gasteiger partial charge is 0.327 e. The molecule has 9 nitrogen and oxygen atoms in total. The lowest BCUT2D eigenvalue weighted by Gasteiger charge is -2.33. The molecule has 2 amide bonds. The molecule has 0 bridgehead atoms. The second-order valence-corrected chi connectivity index (χ2v) is 10.5. The predicted octanol–water partition coefficient (Wildman–Crippen LogP) is 4.38. The number of benzene rings is 1. The van der Waals surface area contributed by atoms with Gasteiger partial charge in [0.05, 0.1) is 18.2 Å². The first-order chi connectivity index (χ1) is 19.4. The quantitative estimate of drug-likeness (QED) is 0.383.